The first-order chi connectivity index (χ1) is 7.46. The quantitative estimate of drug-likeness (QED) is 0.753. The van der Waals surface area contributed by atoms with Crippen molar-refractivity contribution in [3.8, 4) is 0 Å². The van der Waals surface area contributed by atoms with Crippen molar-refractivity contribution in [1.82, 2.24) is 19.6 Å². The predicted octanol–water partition coefficient (Wildman–Crippen LogP) is 0.516. The number of tetrazole rings is 1. The Bertz CT molecular complexity index is 544. The van der Waals surface area contributed by atoms with Crippen LogP contribution in [-0.4, -0.2) is 32.8 Å². The molecule has 7 heteroatoms. The van der Waals surface area contributed by atoms with Crippen molar-refractivity contribution in [2.45, 2.75) is 25.0 Å². The Morgan fingerprint density at radius 2 is 2.25 bits per heavy atom. The van der Waals surface area contributed by atoms with Gasteiger partial charge in [0.2, 0.25) is 0 Å². The van der Waals surface area contributed by atoms with E-state index in [0.29, 0.717) is 6.42 Å². The lowest BCUT2D eigenvalue weighted by Gasteiger charge is -2.26. The molecule has 0 bridgehead atoms. The van der Waals surface area contributed by atoms with Crippen molar-refractivity contribution in [2.24, 2.45) is 0 Å². The molecule has 1 aliphatic rings. The zero-order valence-electron chi connectivity index (χ0n) is 9.03. The van der Waals surface area contributed by atoms with Gasteiger partial charge in [-0.3, -0.25) is 0 Å². The average Bonchev–Trinajstić information content (AvgIpc) is 2.69. The van der Waals surface area contributed by atoms with Gasteiger partial charge in [-0.1, -0.05) is 23.8 Å². The third kappa shape index (κ3) is 1.57. The molecule has 1 unspecified atom stereocenters. The van der Waals surface area contributed by atoms with Gasteiger partial charge in [0.1, 0.15) is 4.75 Å². The molecular weight excluding hydrogens is 228 g/mol. The lowest BCUT2D eigenvalue weighted by molar-refractivity contribution is 0.542. The van der Waals surface area contributed by atoms with Crippen LogP contribution in [-0.2, 0) is 10.0 Å². The Labute approximate surface area is 93.7 Å². The molecule has 0 amide bonds. The summed E-state index contributed by atoms with van der Waals surface area (Å²) in [6.45, 7) is 3.53. The summed E-state index contributed by atoms with van der Waals surface area (Å²) in [5.74, 6) is 0. The highest BCUT2D eigenvalue weighted by Crippen LogP contribution is 2.29. The van der Waals surface area contributed by atoms with Crippen LogP contribution in [0, 0.1) is 0 Å². The fourth-order valence-corrected chi connectivity index (χ4v) is 3.09. The van der Waals surface area contributed by atoms with Gasteiger partial charge in [0.25, 0.3) is 10.0 Å². The van der Waals surface area contributed by atoms with Gasteiger partial charge >= 0.3 is 0 Å². The minimum atomic E-state index is -3.60. The molecule has 0 aromatic carbocycles. The molecule has 0 saturated heterocycles. The van der Waals surface area contributed by atoms with Crippen molar-refractivity contribution in [2.75, 3.05) is 0 Å². The molecule has 1 aromatic heterocycles. The minimum absolute atomic E-state index is 0.423. The summed E-state index contributed by atoms with van der Waals surface area (Å²) in [6, 6.07) is 0. The lowest BCUT2D eigenvalue weighted by Crippen LogP contribution is -2.38. The Morgan fingerprint density at radius 1 is 1.50 bits per heavy atom. The van der Waals surface area contributed by atoms with Crippen LogP contribution in [0.1, 0.15) is 20.3 Å². The summed E-state index contributed by atoms with van der Waals surface area (Å²) in [5, 5.41) is 10.1. The number of hydrogen-bond donors (Lipinski definition) is 0. The second kappa shape index (κ2) is 3.51. The van der Waals surface area contributed by atoms with Gasteiger partial charge in [0.15, 0.2) is 6.33 Å². The van der Waals surface area contributed by atoms with Crippen LogP contribution < -0.4 is 0 Å². The second-order valence-corrected chi connectivity index (χ2v) is 6.25. The molecule has 16 heavy (non-hydrogen) atoms. The zero-order valence-corrected chi connectivity index (χ0v) is 9.85. The third-order valence-corrected chi connectivity index (χ3v) is 4.73. The van der Waals surface area contributed by atoms with E-state index in [-0.39, 0.29) is 0 Å². The van der Waals surface area contributed by atoms with Crippen molar-refractivity contribution in [1.29, 1.82) is 0 Å². The summed E-state index contributed by atoms with van der Waals surface area (Å²) in [7, 11) is -3.60. The van der Waals surface area contributed by atoms with E-state index >= 15 is 0 Å². The van der Waals surface area contributed by atoms with Crippen molar-refractivity contribution in [3.05, 3.63) is 30.1 Å². The van der Waals surface area contributed by atoms with Crippen molar-refractivity contribution < 1.29 is 8.42 Å². The van der Waals surface area contributed by atoms with E-state index in [2.05, 4.69) is 15.5 Å². The molecule has 1 heterocycles. The molecule has 1 aliphatic carbocycles. The Kier molecular flexibility index (Phi) is 2.42. The van der Waals surface area contributed by atoms with E-state index in [1.54, 1.807) is 13.0 Å². The fraction of sp³-hybridized carbons (Fsp3) is 0.444. The zero-order chi connectivity index (χ0) is 11.8. The maximum Gasteiger partial charge on any atom is 0.266 e. The van der Waals surface area contributed by atoms with Crippen LogP contribution in [0.3, 0.4) is 0 Å². The molecule has 0 N–H and O–H groups in total. The van der Waals surface area contributed by atoms with Crippen molar-refractivity contribution in [3.63, 3.8) is 0 Å². The summed E-state index contributed by atoms with van der Waals surface area (Å²) in [6.07, 6.45) is 6.99. The molecule has 0 aliphatic heterocycles. The number of hydrogen-bond acceptors (Lipinski definition) is 5. The topological polar surface area (TPSA) is 77.7 Å². The van der Waals surface area contributed by atoms with Crippen LogP contribution in [0.4, 0.5) is 0 Å². The van der Waals surface area contributed by atoms with Crippen LogP contribution in [0.5, 0.6) is 0 Å². The molecule has 0 spiro atoms. The maximum absolute atomic E-state index is 12.3. The van der Waals surface area contributed by atoms with Gasteiger partial charge in [0, 0.05) is 0 Å². The number of nitrogens with zero attached hydrogens (tertiary/aromatic N) is 4. The molecule has 86 valence electrons. The van der Waals surface area contributed by atoms with E-state index in [1.165, 1.54) is 0 Å². The summed E-state index contributed by atoms with van der Waals surface area (Å²) < 4.78 is 24.3. The van der Waals surface area contributed by atoms with Gasteiger partial charge < -0.3 is 0 Å². The summed E-state index contributed by atoms with van der Waals surface area (Å²) >= 11 is 0. The van der Waals surface area contributed by atoms with Gasteiger partial charge in [-0.25, -0.2) is 8.42 Å². The van der Waals surface area contributed by atoms with Gasteiger partial charge in [-0.15, -0.1) is 9.19 Å². The Morgan fingerprint density at radius 3 is 2.81 bits per heavy atom. The smallest absolute Gasteiger partial charge is 0.204 e. The molecule has 0 saturated carbocycles. The highest BCUT2D eigenvalue weighted by atomic mass is 32.2. The molecule has 1 atom stereocenters. The van der Waals surface area contributed by atoms with E-state index in [4.69, 9.17) is 0 Å². The molecule has 2 rings (SSSR count). The molecular formula is C9H12N4O2S. The van der Waals surface area contributed by atoms with Crippen LogP contribution in [0.15, 0.2) is 30.1 Å². The molecule has 0 radical (unpaired) electrons. The maximum atomic E-state index is 12.3. The minimum Gasteiger partial charge on any atom is -0.204 e. The average molecular weight is 240 g/mol. The summed E-state index contributed by atoms with van der Waals surface area (Å²) in [5.41, 5.74) is 0.922. The van der Waals surface area contributed by atoms with E-state index < -0.39 is 14.8 Å². The number of aromatic nitrogens is 4. The third-order valence-electron chi connectivity index (χ3n) is 2.60. The molecule has 6 nitrogen and oxygen atoms in total. The molecule has 0 fully saturated rings. The monoisotopic (exact) mass is 240 g/mol. The molecule has 1 aromatic rings. The van der Waals surface area contributed by atoms with Gasteiger partial charge in [0.05, 0.1) is 0 Å². The van der Waals surface area contributed by atoms with Crippen LogP contribution in [0.2, 0.25) is 0 Å². The van der Waals surface area contributed by atoms with E-state index in [0.717, 1.165) is 16.0 Å². The highest BCUT2D eigenvalue weighted by molar-refractivity contribution is 7.91. The highest BCUT2D eigenvalue weighted by Gasteiger charge is 2.39. The largest absolute Gasteiger partial charge is 0.266 e. The Hall–Kier alpha value is -1.50. The van der Waals surface area contributed by atoms with Crippen molar-refractivity contribution >= 4 is 10.0 Å². The summed E-state index contributed by atoms with van der Waals surface area (Å²) in [4.78, 5) is 0. The first-order valence-corrected chi connectivity index (χ1v) is 6.24. The van der Waals surface area contributed by atoms with Crippen LogP contribution >= 0.6 is 0 Å². The predicted molar refractivity (Wildman–Crippen MR) is 58.1 cm³/mol. The first kappa shape index (κ1) is 11.0. The normalized spacial score (nSPS) is 25.5. The van der Waals surface area contributed by atoms with Gasteiger partial charge in [-0.2, -0.15) is 0 Å². The second-order valence-electron chi connectivity index (χ2n) is 3.99. The van der Waals surface area contributed by atoms with E-state index in [1.807, 2.05) is 19.1 Å². The SMILES string of the molecule is CC1=CC(C)(S(=O)(=O)n2cnnn2)CC=C1. The fourth-order valence-electron chi connectivity index (χ4n) is 1.72. The number of allylic oxidation sites excluding steroid dienone is 3. The first-order valence-electron chi connectivity index (χ1n) is 4.80. The van der Waals surface area contributed by atoms with Gasteiger partial charge in [-0.05, 0) is 30.7 Å². The van der Waals surface area contributed by atoms with E-state index in [9.17, 15) is 8.42 Å². The standard InChI is InChI=1S/C9H12N4O2S/c1-8-4-3-5-9(2,6-8)16(14,15)13-7-10-11-12-13/h3-4,6-7H,5H2,1-2H3. The number of rotatable bonds is 2. The Balaban J connectivity index is 2.50. The lowest BCUT2D eigenvalue weighted by atomic mass is 9.98. The van der Waals surface area contributed by atoms with Crippen LogP contribution in [0.25, 0.3) is 0 Å².